The molecule has 0 saturated heterocycles. The van der Waals surface area contributed by atoms with Gasteiger partial charge in [-0.05, 0) is 56.8 Å². The molecule has 168 valence electrons. The number of nitrogens with zero attached hydrogens (tertiary/aromatic N) is 3. The molecule has 8 heteroatoms. The van der Waals surface area contributed by atoms with Gasteiger partial charge in [-0.15, -0.1) is 0 Å². The van der Waals surface area contributed by atoms with Gasteiger partial charge in [0.25, 0.3) is 5.56 Å². The van der Waals surface area contributed by atoms with Gasteiger partial charge in [-0.2, -0.15) is 0 Å². The van der Waals surface area contributed by atoms with Gasteiger partial charge in [0.05, 0.1) is 7.11 Å². The lowest BCUT2D eigenvalue weighted by Crippen LogP contribution is -2.44. The number of carbonyl (C=O) groups excluding carboxylic acids is 1. The molecule has 3 aliphatic carbocycles. The van der Waals surface area contributed by atoms with Crippen LogP contribution in [0.1, 0.15) is 71.0 Å². The van der Waals surface area contributed by atoms with E-state index in [0.717, 1.165) is 57.2 Å². The average Bonchev–Trinajstić information content (AvgIpc) is 3.25. The summed E-state index contributed by atoms with van der Waals surface area (Å²) in [6.45, 7) is 4.93. The van der Waals surface area contributed by atoms with E-state index in [1.54, 1.807) is 10.6 Å². The molecule has 2 heterocycles. The molecule has 5 rings (SSSR count). The van der Waals surface area contributed by atoms with Crippen molar-refractivity contribution in [3.8, 4) is 0 Å². The first-order valence-electron chi connectivity index (χ1n) is 11.4. The van der Waals surface area contributed by atoms with Crippen LogP contribution in [0.25, 0.3) is 11.2 Å². The van der Waals surface area contributed by atoms with Crippen LogP contribution in [0, 0.1) is 5.41 Å². The van der Waals surface area contributed by atoms with Gasteiger partial charge in [0.15, 0.2) is 5.65 Å². The SMILES string of the molecule is CCCn1c(=O)c2[nH]c(C34CCC(C=CC(=O)OC)(CC3)CC4)nc2n(CCC)c1=O. The van der Waals surface area contributed by atoms with E-state index in [-0.39, 0.29) is 28.0 Å². The van der Waals surface area contributed by atoms with Crippen molar-refractivity contribution >= 4 is 17.1 Å². The standard InChI is InChI=1S/C23H32N4O4/c1-4-14-26-18-17(19(29)27(15-5-2)21(26)30)24-20(25-18)23-11-8-22(9-12-23,10-13-23)7-6-16(28)31-3/h6-7H,4-5,8-15H2,1-3H3,(H,24,25). The first kappa shape index (κ1) is 21.6. The Kier molecular flexibility index (Phi) is 5.66. The molecule has 0 spiro atoms. The fourth-order valence-corrected chi connectivity index (χ4v) is 5.40. The number of hydrogen-bond acceptors (Lipinski definition) is 5. The van der Waals surface area contributed by atoms with Gasteiger partial charge in [0.1, 0.15) is 11.3 Å². The number of methoxy groups -OCH3 is 1. The van der Waals surface area contributed by atoms with Crippen LogP contribution < -0.4 is 11.2 Å². The quantitative estimate of drug-likeness (QED) is 0.540. The lowest BCUT2D eigenvalue weighted by atomic mass is 9.53. The minimum absolute atomic E-state index is 0.0418. The van der Waals surface area contributed by atoms with Crippen molar-refractivity contribution in [2.45, 2.75) is 83.7 Å². The van der Waals surface area contributed by atoms with Crippen LogP contribution >= 0.6 is 0 Å². The summed E-state index contributed by atoms with van der Waals surface area (Å²) in [7, 11) is 1.39. The van der Waals surface area contributed by atoms with Crippen molar-refractivity contribution < 1.29 is 9.53 Å². The smallest absolute Gasteiger partial charge is 0.332 e. The Morgan fingerprint density at radius 3 is 2.26 bits per heavy atom. The molecule has 31 heavy (non-hydrogen) atoms. The second-order valence-corrected chi connectivity index (χ2v) is 9.17. The zero-order valence-corrected chi connectivity index (χ0v) is 18.7. The Bertz CT molecular complexity index is 1110. The van der Waals surface area contributed by atoms with E-state index in [1.807, 2.05) is 19.9 Å². The van der Waals surface area contributed by atoms with E-state index in [4.69, 9.17) is 9.72 Å². The summed E-state index contributed by atoms with van der Waals surface area (Å²) in [5.41, 5.74) is 0.331. The zero-order valence-electron chi connectivity index (χ0n) is 18.7. The number of allylic oxidation sites excluding steroid dienone is 1. The molecule has 0 aromatic carbocycles. The highest BCUT2D eigenvalue weighted by molar-refractivity contribution is 5.81. The van der Waals surface area contributed by atoms with Gasteiger partial charge in [0.2, 0.25) is 0 Å². The van der Waals surface area contributed by atoms with E-state index in [2.05, 4.69) is 4.98 Å². The molecule has 3 fully saturated rings. The summed E-state index contributed by atoms with van der Waals surface area (Å²) in [6, 6.07) is 0. The maximum absolute atomic E-state index is 13.0. The second kappa shape index (κ2) is 8.13. The molecule has 3 aliphatic rings. The minimum Gasteiger partial charge on any atom is -0.466 e. The molecule has 0 aliphatic heterocycles. The molecule has 0 radical (unpaired) electrons. The van der Waals surface area contributed by atoms with E-state index in [1.165, 1.54) is 11.7 Å². The number of aryl methyl sites for hydroxylation is 1. The number of carbonyl (C=O) groups is 1. The number of imidazole rings is 1. The fourth-order valence-electron chi connectivity index (χ4n) is 5.40. The monoisotopic (exact) mass is 428 g/mol. The van der Waals surface area contributed by atoms with Crippen LogP contribution in [-0.2, 0) is 28.0 Å². The number of ether oxygens (including phenoxy) is 1. The molecule has 0 amide bonds. The number of H-pyrrole nitrogens is 1. The summed E-state index contributed by atoms with van der Waals surface area (Å²) >= 11 is 0. The van der Waals surface area contributed by atoms with Gasteiger partial charge in [-0.25, -0.2) is 14.6 Å². The molecule has 0 atom stereocenters. The highest BCUT2D eigenvalue weighted by Crippen LogP contribution is 2.57. The molecule has 2 aromatic heterocycles. The lowest BCUT2D eigenvalue weighted by Gasteiger charge is -2.51. The van der Waals surface area contributed by atoms with E-state index >= 15 is 0 Å². The van der Waals surface area contributed by atoms with Crippen molar-refractivity contribution in [2.75, 3.05) is 7.11 Å². The maximum atomic E-state index is 13.0. The third-order valence-electron chi connectivity index (χ3n) is 7.34. The first-order chi connectivity index (χ1) is 14.9. The third kappa shape index (κ3) is 3.55. The van der Waals surface area contributed by atoms with Crippen molar-refractivity contribution in [2.24, 2.45) is 5.41 Å². The lowest BCUT2D eigenvalue weighted by molar-refractivity contribution is -0.134. The van der Waals surface area contributed by atoms with Gasteiger partial charge < -0.3 is 9.72 Å². The number of fused-ring (bicyclic) bond motifs is 4. The molecular formula is C23H32N4O4. The van der Waals surface area contributed by atoms with Gasteiger partial charge in [-0.1, -0.05) is 19.9 Å². The van der Waals surface area contributed by atoms with Gasteiger partial charge in [-0.3, -0.25) is 13.9 Å². The highest BCUT2D eigenvalue weighted by atomic mass is 16.5. The molecule has 3 saturated carbocycles. The van der Waals surface area contributed by atoms with Crippen LogP contribution in [0.3, 0.4) is 0 Å². The maximum Gasteiger partial charge on any atom is 0.332 e. The topological polar surface area (TPSA) is 99.0 Å². The Morgan fingerprint density at radius 1 is 1.06 bits per heavy atom. The molecule has 1 N–H and O–H groups in total. The van der Waals surface area contributed by atoms with Crippen LogP contribution in [0.4, 0.5) is 0 Å². The predicted octanol–water partition coefficient (Wildman–Crippen LogP) is 3.03. The summed E-state index contributed by atoms with van der Waals surface area (Å²) in [5, 5.41) is 0. The zero-order chi connectivity index (χ0) is 22.2. The summed E-state index contributed by atoms with van der Waals surface area (Å²) in [4.78, 5) is 45.7. The van der Waals surface area contributed by atoms with Crippen LogP contribution in [0.2, 0.25) is 0 Å². The Hall–Kier alpha value is -2.64. The molecule has 8 nitrogen and oxygen atoms in total. The molecular weight excluding hydrogens is 396 g/mol. The van der Waals surface area contributed by atoms with Crippen LogP contribution in [0.5, 0.6) is 0 Å². The first-order valence-corrected chi connectivity index (χ1v) is 11.4. The summed E-state index contributed by atoms with van der Waals surface area (Å²) in [5.74, 6) is 0.523. The van der Waals surface area contributed by atoms with Crippen molar-refractivity contribution in [3.63, 3.8) is 0 Å². The number of hydrogen-bond donors (Lipinski definition) is 1. The second-order valence-electron chi connectivity index (χ2n) is 9.17. The van der Waals surface area contributed by atoms with E-state index < -0.39 is 0 Å². The Balaban J connectivity index is 1.72. The summed E-state index contributed by atoms with van der Waals surface area (Å²) < 4.78 is 7.73. The van der Waals surface area contributed by atoms with Crippen molar-refractivity contribution in [1.29, 1.82) is 0 Å². The highest BCUT2D eigenvalue weighted by Gasteiger charge is 2.50. The predicted molar refractivity (Wildman–Crippen MR) is 118 cm³/mol. The number of aromatic amines is 1. The normalized spacial score (nSPS) is 25.5. The number of nitrogens with one attached hydrogen (secondary N) is 1. The Labute approximate surface area is 181 Å². The number of aromatic nitrogens is 4. The minimum atomic E-state index is -0.314. The van der Waals surface area contributed by atoms with Gasteiger partial charge in [0, 0.05) is 24.6 Å². The molecule has 2 aromatic rings. The summed E-state index contributed by atoms with van der Waals surface area (Å²) in [6.07, 6.45) is 10.8. The number of rotatable bonds is 7. The fraction of sp³-hybridized carbons (Fsp3) is 0.652. The third-order valence-corrected chi connectivity index (χ3v) is 7.34. The van der Waals surface area contributed by atoms with Crippen molar-refractivity contribution in [1.82, 2.24) is 19.1 Å². The molecule has 2 bridgehead atoms. The van der Waals surface area contributed by atoms with E-state index in [0.29, 0.717) is 24.3 Å². The number of esters is 1. The van der Waals surface area contributed by atoms with Crippen LogP contribution in [0.15, 0.2) is 21.7 Å². The Morgan fingerprint density at radius 2 is 1.68 bits per heavy atom. The molecule has 0 unspecified atom stereocenters. The van der Waals surface area contributed by atoms with E-state index in [9.17, 15) is 14.4 Å². The van der Waals surface area contributed by atoms with Crippen molar-refractivity contribution in [3.05, 3.63) is 38.8 Å². The largest absolute Gasteiger partial charge is 0.466 e. The van der Waals surface area contributed by atoms with Crippen LogP contribution in [-0.4, -0.2) is 32.2 Å². The average molecular weight is 429 g/mol. The van der Waals surface area contributed by atoms with Gasteiger partial charge >= 0.3 is 11.7 Å².